The van der Waals surface area contributed by atoms with Crippen molar-refractivity contribution in [3.8, 4) is 11.4 Å². The number of hydrogen-bond donors (Lipinski definition) is 2. The maximum absolute atomic E-state index is 12.2. The van der Waals surface area contributed by atoms with Gasteiger partial charge in [0.05, 0.1) is 23.6 Å². The molecule has 4 rings (SSSR count). The van der Waals surface area contributed by atoms with Crippen LogP contribution in [0.2, 0.25) is 0 Å². The van der Waals surface area contributed by atoms with Gasteiger partial charge in [0.25, 0.3) is 0 Å². The normalized spacial score (nSPS) is 14.8. The Balaban J connectivity index is 1.73. The number of carboxylic acid groups (broad SMARTS) is 1. The molecule has 0 radical (unpaired) electrons. The number of benzene rings is 2. The molecule has 0 atom stereocenters. The number of carbonyl (C=O) groups is 1. The first kappa shape index (κ1) is 19.1. The average molecular weight is 409 g/mol. The quantitative estimate of drug-likeness (QED) is 0.667. The molecule has 148 valence electrons. The number of nitrogens with zero attached hydrogens (tertiary/aromatic N) is 2. The smallest absolute Gasteiger partial charge is 0.307 e. The van der Waals surface area contributed by atoms with Crippen molar-refractivity contribution < 1.29 is 18.3 Å². The molecule has 1 aromatic heterocycles. The maximum atomic E-state index is 12.2. The highest BCUT2D eigenvalue weighted by Crippen LogP contribution is 2.30. The summed E-state index contributed by atoms with van der Waals surface area (Å²) in [6.07, 6.45) is 0.297. The number of aryl methyl sites for hydroxylation is 1. The number of sulfone groups is 1. The van der Waals surface area contributed by atoms with E-state index < -0.39 is 15.8 Å². The molecule has 0 unspecified atom stereocenters. The molecule has 1 aliphatic heterocycles. The Morgan fingerprint density at radius 3 is 2.45 bits per heavy atom. The molecule has 0 saturated heterocycles. The van der Waals surface area contributed by atoms with Gasteiger partial charge in [0.1, 0.15) is 5.82 Å². The standard InChI is InChI=1S/C21H19N3O4S/c25-19(26)12-14-6-8-16(9-7-14)22-21-17-13-29(27,28)11-10-18(17)23-20(24-21)15-4-2-1-3-5-15/h1-9H,10-13H2,(H,25,26)(H,22,23,24). The lowest BCUT2D eigenvalue weighted by Crippen LogP contribution is -2.22. The van der Waals surface area contributed by atoms with Crippen LogP contribution in [0.1, 0.15) is 16.8 Å². The first-order valence-corrected chi connectivity index (χ1v) is 11.0. The second kappa shape index (κ2) is 7.63. The molecule has 3 aromatic rings. The Labute approximate surface area is 168 Å². The summed E-state index contributed by atoms with van der Waals surface area (Å²) in [6, 6.07) is 16.5. The van der Waals surface area contributed by atoms with E-state index in [1.54, 1.807) is 24.3 Å². The summed E-state index contributed by atoms with van der Waals surface area (Å²) in [5, 5.41) is 12.1. The summed E-state index contributed by atoms with van der Waals surface area (Å²) in [4.78, 5) is 20.1. The molecule has 0 aliphatic carbocycles. The average Bonchev–Trinajstić information content (AvgIpc) is 2.69. The Morgan fingerprint density at radius 1 is 1.03 bits per heavy atom. The molecule has 0 saturated carbocycles. The third kappa shape index (κ3) is 4.43. The SMILES string of the molecule is O=C(O)Cc1ccc(Nc2nc(-c3ccccc3)nc3c2CS(=O)(=O)CC3)cc1. The van der Waals surface area contributed by atoms with E-state index in [2.05, 4.69) is 15.3 Å². The van der Waals surface area contributed by atoms with Gasteiger partial charge in [-0.2, -0.15) is 0 Å². The van der Waals surface area contributed by atoms with Crippen molar-refractivity contribution >= 4 is 27.3 Å². The van der Waals surface area contributed by atoms with Gasteiger partial charge in [0.15, 0.2) is 15.7 Å². The van der Waals surface area contributed by atoms with Gasteiger partial charge in [-0.3, -0.25) is 4.79 Å². The lowest BCUT2D eigenvalue weighted by atomic mass is 10.1. The van der Waals surface area contributed by atoms with Crippen LogP contribution in [0.3, 0.4) is 0 Å². The lowest BCUT2D eigenvalue weighted by Gasteiger charge is -2.20. The van der Waals surface area contributed by atoms with Crippen molar-refractivity contribution in [3.63, 3.8) is 0 Å². The van der Waals surface area contributed by atoms with E-state index in [1.165, 1.54) is 0 Å². The van der Waals surface area contributed by atoms with E-state index >= 15 is 0 Å². The molecule has 0 amide bonds. The number of nitrogens with one attached hydrogen (secondary N) is 1. The Morgan fingerprint density at radius 2 is 1.76 bits per heavy atom. The predicted octanol–water partition coefficient (Wildman–Crippen LogP) is 2.99. The van der Waals surface area contributed by atoms with Gasteiger partial charge < -0.3 is 10.4 Å². The number of carboxylic acids is 1. The number of rotatable bonds is 5. The van der Waals surface area contributed by atoms with Crippen LogP contribution in [0.25, 0.3) is 11.4 Å². The van der Waals surface area contributed by atoms with Crippen LogP contribution >= 0.6 is 0 Å². The molecule has 2 heterocycles. The lowest BCUT2D eigenvalue weighted by molar-refractivity contribution is -0.136. The molecule has 2 aromatic carbocycles. The van der Waals surface area contributed by atoms with Crippen LogP contribution in [0.4, 0.5) is 11.5 Å². The zero-order chi connectivity index (χ0) is 20.4. The van der Waals surface area contributed by atoms with Crippen LogP contribution in [0.15, 0.2) is 54.6 Å². The molecular weight excluding hydrogens is 390 g/mol. The third-order valence-electron chi connectivity index (χ3n) is 4.71. The van der Waals surface area contributed by atoms with Gasteiger partial charge >= 0.3 is 5.97 Å². The van der Waals surface area contributed by atoms with Crippen molar-refractivity contribution in [2.75, 3.05) is 11.1 Å². The Kier molecular flexibility index (Phi) is 5.02. The minimum Gasteiger partial charge on any atom is -0.481 e. The first-order valence-electron chi connectivity index (χ1n) is 9.13. The molecule has 1 aliphatic rings. The molecular formula is C21H19N3O4S. The van der Waals surface area contributed by atoms with Gasteiger partial charge in [-0.25, -0.2) is 18.4 Å². The van der Waals surface area contributed by atoms with Crippen LogP contribution in [0, 0.1) is 0 Å². The van der Waals surface area contributed by atoms with E-state index in [1.807, 2.05) is 30.3 Å². The summed E-state index contributed by atoms with van der Waals surface area (Å²) >= 11 is 0. The predicted molar refractivity (Wildman–Crippen MR) is 110 cm³/mol. The molecule has 29 heavy (non-hydrogen) atoms. The molecule has 0 spiro atoms. The second-order valence-electron chi connectivity index (χ2n) is 6.92. The van der Waals surface area contributed by atoms with Gasteiger partial charge in [0.2, 0.25) is 0 Å². The Hall–Kier alpha value is -3.26. The van der Waals surface area contributed by atoms with E-state index in [-0.39, 0.29) is 17.9 Å². The van der Waals surface area contributed by atoms with Gasteiger partial charge in [-0.05, 0) is 17.7 Å². The number of fused-ring (bicyclic) bond motifs is 1. The second-order valence-corrected chi connectivity index (χ2v) is 9.11. The summed E-state index contributed by atoms with van der Waals surface area (Å²) in [5.74, 6) is 0.0795. The maximum Gasteiger partial charge on any atom is 0.307 e. The van der Waals surface area contributed by atoms with Crippen molar-refractivity contribution in [1.29, 1.82) is 0 Å². The largest absolute Gasteiger partial charge is 0.481 e. The van der Waals surface area contributed by atoms with Crippen LogP contribution in [0.5, 0.6) is 0 Å². The molecule has 2 N–H and O–H groups in total. The monoisotopic (exact) mass is 409 g/mol. The van der Waals surface area contributed by atoms with Crippen molar-refractivity contribution in [1.82, 2.24) is 9.97 Å². The summed E-state index contributed by atoms with van der Waals surface area (Å²) in [6.45, 7) is 0. The van der Waals surface area contributed by atoms with Crippen LogP contribution < -0.4 is 5.32 Å². The zero-order valence-electron chi connectivity index (χ0n) is 15.5. The highest BCUT2D eigenvalue weighted by atomic mass is 32.2. The molecule has 0 bridgehead atoms. The highest BCUT2D eigenvalue weighted by molar-refractivity contribution is 7.90. The topological polar surface area (TPSA) is 109 Å². The molecule has 8 heteroatoms. The summed E-state index contributed by atoms with van der Waals surface area (Å²) in [5.41, 5.74) is 3.55. The van der Waals surface area contributed by atoms with E-state index in [0.29, 0.717) is 34.9 Å². The van der Waals surface area contributed by atoms with Crippen LogP contribution in [-0.2, 0) is 33.2 Å². The van der Waals surface area contributed by atoms with E-state index in [9.17, 15) is 13.2 Å². The Bertz CT molecular complexity index is 1160. The fraction of sp³-hybridized carbons (Fsp3) is 0.190. The van der Waals surface area contributed by atoms with Gasteiger partial charge in [-0.1, -0.05) is 42.5 Å². The summed E-state index contributed by atoms with van der Waals surface area (Å²) in [7, 11) is -3.19. The molecule has 0 fully saturated rings. The summed E-state index contributed by atoms with van der Waals surface area (Å²) < 4.78 is 24.4. The van der Waals surface area contributed by atoms with Gasteiger partial charge in [0, 0.05) is 23.2 Å². The minimum atomic E-state index is -3.19. The van der Waals surface area contributed by atoms with E-state index in [4.69, 9.17) is 5.11 Å². The highest BCUT2D eigenvalue weighted by Gasteiger charge is 2.27. The van der Waals surface area contributed by atoms with Crippen molar-refractivity contribution in [2.24, 2.45) is 0 Å². The number of aromatic nitrogens is 2. The van der Waals surface area contributed by atoms with Crippen molar-refractivity contribution in [3.05, 3.63) is 71.4 Å². The number of hydrogen-bond acceptors (Lipinski definition) is 6. The van der Waals surface area contributed by atoms with Gasteiger partial charge in [-0.15, -0.1) is 0 Å². The zero-order valence-corrected chi connectivity index (χ0v) is 16.3. The van der Waals surface area contributed by atoms with Crippen LogP contribution in [-0.4, -0.2) is 35.2 Å². The fourth-order valence-corrected chi connectivity index (χ4v) is 4.66. The fourth-order valence-electron chi connectivity index (χ4n) is 3.27. The number of anilines is 2. The van der Waals surface area contributed by atoms with E-state index in [0.717, 1.165) is 11.3 Å². The molecule has 7 nitrogen and oxygen atoms in total. The third-order valence-corrected chi connectivity index (χ3v) is 6.27. The minimum absolute atomic E-state index is 0.0560. The first-order chi connectivity index (χ1) is 13.9. The number of aliphatic carboxylic acids is 1. The van der Waals surface area contributed by atoms with Crippen molar-refractivity contribution in [2.45, 2.75) is 18.6 Å².